The van der Waals surface area contributed by atoms with E-state index in [9.17, 15) is 4.79 Å². The van der Waals surface area contributed by atoms with Crippen molar-refractivity contribution in [1.29, 1.82) is 0 Å². The minimum atomic E-state index is -0.492. The highest BCUT2D eigenvalue weighted by molar-refractivity contribution is 5.95. The van der Waals surface area contributed by atoms with E-state index in [4.69, 9.17) is 24.7 Å². The fourth-order valence-electron chi connectivity index (χ4n) is 1.36. The third-order valence-corrected chi connectivity index (χ3v) is 2.31. The molecule has 2 N–H and O–H groups in total. The molecule has 0 aromatic carbocycles. The Hall–Kier alpha value is -1.86. The van der Waals surface area contributed by atoms with Crippen LogP contribution in [-0.4, -0.2) is 51.1 Å². The van der Waals surface area contributed by atoms with E-state index in [1.54, 1.807) is 14.0 Å². The molecule has 0 aliphatic carbocycles. The van der Waals surface area contributed by atoms with Crippen LogP contribution in [0.2, 0.25) is 0 Å². The Bertz CT molecular complexity index is 425. The van der Waals surface area contributed by atoms with E-state index in [0.717, 1.165) is 0 Å². The fraction of sp³-hybridized carbons (Fsp3) is 0.538. The zero-order valence-electron chi connectivity index (χ0n) is 11.8. The maximum Gasteiger partial charge on any atom is 0.340 e. The Morgan fingerprint density at radius 3 is 2.75 bits per heavy atom. The molecule has 0 bridgehead atoms. The summed E-state index contributed by atoms with van der Waals surface area (Å²) in [5.74, 6) is -0.189. The highest BCUT2D eigenvalue weighted by Crippen LogP contribution is 2.17. The lowest BCUT2D eigenvalue weighted by Gasteiger charge is -2.09. The molecule has 0 radical (unpaired) electrons. The molecular weight excluding hydrogens is 264 g/mol. The number of carbonyl (C=O) groups excluding carboxylic acids is 1. The average Bonchev–Trinajstić information content (AvgIpc) is 2.44. The first-order chi connectivity index (χ1) is 9.69. The highest BCUT2D eigenvalue weighted by Gasteiger charge is 2.12. The van der Waals surface area contributed by atoms with Gasteiger partial charge in [0.25, 0.3) is 0 Å². The Morgan fingerprint density at radius 1 is 1.30 bits per heavy atom. The van der Waals surface area contributed by atoms with Crippen LogP contribution < -0.4 is 10.5 Å². The number of nitrogens with two attached hydrogens (primary N) is 1. The standard InChI is InChI=1S/C13H20N2O5/c1-3-19-13(16)10-8-12(15-9-11(10)14)20-7-6-18-5-4-17-2/h8-9H,3-7,14H2,1-2H3. The Balaban J connectivity index is 2.46. The number of carbonyl (C=O) groups is 1. The van der Waals surface area contributed by atoms with E-state index >= 15 is 0 Å². The van der Waals surface area contributed by atoms with Crippen molar-refractivity contribution in [1.82, 2.24) is 4.98 Å². The molecule has 0 unspecified atom stereocenters. The van der Waals surface area contributed by atoms with E-state index in [1.807, 2.05) is 0 Å². The van der Waals surface area contributed by atoms with Crippen LogP contribution in [0, 0.1) is 0 Å². The van der Waals surface area contributed by atoms with Gasteiger partial charge in [-0.3, -0.25) is 0 Å². The minimum Gasteiger partial charge on any atom is -0.475 e. The highest BCUT2D eigenvalue weighted by atomic mass is 16.5. The zero-order valence-corrected chi connectivity index (χ0v) is 11.8. The molecule has 0 spiro atoms. The first-order valence-corrected chi connectivity index (χ1v) is 6.31. The van der Waals surface area contributed by atoms with Crippen molar-refractivity contribution in [3.63, 3.8) is 0 Å². The molecule has 1 aromatic rings. The predicted octanol–water partition coefficient (Wildman–Crippen LogP) is 0.882. The zero-order chi connectivity index (χ0) is 14.8. The number of aromatic nitrogens is 1. The van der Waals surface area contributed by atoms with Gasteiger partial charge in [0.2, 0.25) is 5.88 Å². The molecule has 1 heterocycles. The van der Waals surface area contributed by atoms with Crippen molar-refractivity contribution in [2.45, 2.75) is 6.92 Å². The first kappa shape index (κ1) is 16.2. The summed E-state index contributed by atoms with van der Waals surface area (Å²) >= 11 is 0. The van der Waals surface area contributed by atoms with Gasteiger partial charge in [-0.15, -0.1) is 0 Å². The van der Waals surface area contributed by atoms with Crippen LogP contribution in [0.3, 0.4) is 0 Å². The number of nitrogen functional groups attached to an aromatic ring is 1. The number of esters is 1. The molecule has 7 heteroatoms. The molecule has 1 aromatic heterocycles. The Labute approximate surface area is 118 Å². The summed E-state index contributed by atoms with van der Waals surface area (Å²) in [6.45, 7) is 3.78. The molecule has 0 amide bonds. The van der Waals surface area contributed by atoms with Crippen molar-refractivity contribution in [3.05, 3.63) is 17.8 Å². The number of anilines is 1. The van der Waals surface area contributed by atoms with Crippen molar-refractivity contribution in [3.8, 4) is 5.88 Å². The molecular formula is C13H20N2O5. The summed E-state index contributed by atoms with van der Waals surface area (Å²) in [6, 6.07) is 1.46. The summed E-state index contributed by atoms with van der Waals surface area (Å²) in [5.41, 5.74) is 6.18. The smallest absolute Gasteiger partial charge is 0.340 e. The maximum atomic E-state index is 11.6. The summed E-state index contributed by atoms with van der Waals surface area (Å²) in [4.78, 5) is 15.6. The normalized spacial score (nSPS) is 10.3. The van der Waals surface area contributed by atoms with Gasteiger partial charge in [-0.25, -0.2) is 9.78 Å². The van der Waals surface area contributed by atoms with E-state index in [1.165, 1.54) is 12.3 Å². The van der Waals surface area contributed by atoms with Crippen molar-refractivity contribution >= 4 is 11.7 Å². The van der Waals surface area contributed by atoms with Crippen LogP contribution in [0.4, 0.5) is 5.69 Å². The molecule has 20 heavy (non-hydrogen) atoms. The third kappa shape index (κ3) is 5.41. The predicted molar refractivity (Wildman–Crippen MR) is 72.8 cm³/mol. The van der Waals surface area contributed by atoms with Gasteiger partial charge in [0.15, 0.2) is 0 Å². The summed E-state index contributed by atoms with van der Waals surface area (Å²) in [6.07, 6.45) is 1.37. The van der Waals surface area contributed by atoms with E-state index in [0.29, 0.717) is 32.3 Å². The summed E-state index contributed by atoms with van der Waals surface area (Å²) in [5, 5.41) is 0. The molecule has 1 rings (SSSR count). The van der Waals surface area contributed by atoms with Gasteiger partial charge >= 0.3 is 5.97 Å². The van der Waals surface area contributed by atoms with Crippen molar-refractivity contribution < 1.29 is 23.7 Å². The number of methoxy groups -OCH3 is 1. The second-order valence-electron chi connectivity index (χ2n) is 3.78. The van der Waals surface area contributed by atoms with Crippen LogP contribution in [-0.2, 0) is 14.2 Å². The van der Waals surface area contributed by atoms with Gasteiger partial charge in [-0.2, -0.15) is 0 Å². The van der Waals surface area contributed by atoms with Crippen LogP contribution >= 0.6 is 0 Å². The molecule has 112 valence electrons. The van der Waals surface area contributed by atoms with Gasteiger partial charge in [0.05, 0.1) is 43.9 Å². The lowest BCUT2D eigenvalue weighted by molar-refractivity contribution is 0.0519. The van der Waals surface area contributed by atoms with E-state index < -0.39 is 5.97 Å². The first-order valence-electron chi connectivity index (χ1n) is 6.31. The number of nitrogens with zero attached hydrogens (tertiary/aromatic N) is 1. The summed E-state index contributed by atoms with van der Waals surface area (Å²) < 4.78 is 20.3. The monoisotopic (exact) mass is 284 g/mol. The number of pyridine rings is 1. The van der Waals surface area contributed by atoms with Crippen LogP contribution in [0.25, 0.3) is 0 Å². The van der Waals surface area contributed by atoms with Crippen LogP contribution in [0.15, 0.2) is 12.3 Å². The molecule has 0 atom stereocenters. The van der Waals surface area contributed by atoms with Gasteiger partial charge in [-0.05, 0) is 6.92 Å². The largest absolute Gasteiger partial charge is 0.475 e. The molecule has 0 aliphatic heterocycles. The van der Waals surface area contributed by atoms with Gasteiger partial charge in [0.1, 0.15) is 6.61 Å². The second kappa shape index (κ2) is 9.11. The van der Waals surface area contributed by atoms with Crippen LogP contribution in [0.1, 0.15) is 17.3 Å². The molecule has 0 saturated heterocycles. The Kier molecular flexibility index (Phi) is 7.38. The van der Waals surface area contributed by atoms with Crippen molar-refractivity contribution in [2.75, 3.05) is 45.9 Å². The van der Waals surface area contributed by atoms with Gasteiger partial charge < -0.3 is 24.7 Å². The van der Waals surface area contributed by atoms with Gasteiger partial charge in [0, 0.05) is 13.2 Å². The van der Waals surface area contributed by atoms with E-state index in [-0.39, 0.29) is 17.9 Å². The molecule has 7 nitrogen and oxygen atoms in total. The number of hydrogen-bond acceptors (Lipinski definition) is 7. The third-order valence-electron chi connectivity index (χ3n) is 2.31. The minimum absolute atomic E-state index is 0.247. The van der Waals surface area contributed by atoms with E-state index in [2.05, 4.69) is 4.98 Å². The number of hydrogen-bond donors (Lipinski definition) is 1. The SMILES string of the molecule is CCOC(=O)c1cc(OCCOCCOC)ncc1N. The number of ether oxygens (including phenoxy) is 4. The Morgan fingerprint density at radius 2 is 2.05 bits per heavy atom. The molecule has 0 fully saturated rings. The lowest BCUT2D eigenvalue weighted by Crippen LogP contribution is -2.12. The summed E-state index contributed by atoms with van der Waals surface area (Å²) in [7, 11) is 1.61. The average molecular weight is 284 g/mol. The van der Waals surface area contributed by atoms with Gasteiger partial charge in [-0.1, -0.05) is 0 Å². The van der Waals surface area contributed by atoms with Crippen molar-refractivity contribution in [2.24, 2.45) is 0 Å². The molecule has 0 aliphatic rings. The molecule has 0 saturated carbocycles. The lowest BCUT2D eigenvalue weighted by atomic mass is 10.2. The second-order valence-corrected chi connectivity index (χ2v) is 3.78. The quantitative estimate of drug-likeness (QED) is 0.531. The maximum absolute atomic E-state index is 11.6. The topological polar surface area (TPSA) is 92.9 Å². The fourth-order valence-corrected chi connectivity index (χ4v) is 1.36. The van der Waals surface area contributed by atoms with Crippen LogP contribution in [0.5, 0.6) is 5.88 Å². The number of rotatable bonds is 9.